The molecule has 0 aliphatic heterocycles. The molecule has 0 saturated heterocycles. The van der Waals surface area contributed by atoms with Gasteiger partial charge in [0, 0.05) is 5.69 Å². The Bertz CT molecular complexity index is 533. The van der Waals surface area contributed by atoms with Gasteiger partial charge in [0.05, 0.1) is 21.3 Å². The first-order valence-corrected chi connectivity index (χ1v) is 5.81. The maximum Gasteiger partial charge on any atom is 0.240 e. The van der Waals surface area contributed by atoms with Gasteiger partial charge in [0.25, 0.3) is 0 Å². The molecule has 3 N–H and O–H groups in total. The highest BCUT2D eigenvalue weighted by atomic mass is 32.1. The molecule has 16 heavy (non-hydrogen) atoms. The standard InChI is InChI=1S/C11H13N3OS/c1-6(12)11(15)14-8-3-4-9-10(5-8)16-7(2)13-9/h3-6H,12H2,1-2H3,(H,14,15)/t6-/m1/s1. The molecule has 0 spiro atoms. The van der Waals surface area contributed by atoms with Crippen LogP contribution in [0.15, 0.2) is 18.2 Å². The average Bonchev–Trinajstić information content (AvgIpc) is 2.57. The molecule has 0 unspecified atom stereocenters. The number of hydrogen-bond donors (Lipinski definition) is 2. The normalized spacial score (nSPS) is 12.7. The van der Waals surface area contributed by atoms with Gasteiger partial charge >= 0.3 is 0 Å². The first-order valence-electron chi connectivity index (χ1n) is 5.00. The number of nitrogens with zero attached hydrogens (tertiary/aromatic N) is 1. The molecule has 0 bridgehead atoms. The Labute approximate surface area is 97.5 Å². The van der Waals surface area contributed by atoms with Gasteiger partial charge in [0.1, 0.15) is 0 Å². The number of amides is 1. The minimum atomic E-state index is -0.501. The lowest BCUT2D eigenvalue weighted by molar-refractivity contribution is -0.117. The summed E-state index contributed by atoms with van der Waals surface area (Å²) in [7, 11) is 0. The van der Waals surface area contributed by atoms with Crippen LogP contribution >= 0.6 is 11.3 Å². The van der Waals surface area contributed by atoms with Crippen molar-refractivity contribution in [2.45, 2.75) is 19.9 Å². The van der Waals surface area contributed by atoms with Crippen LogP contribution < -0.4 is 11.1 Å². The molecule has 1 heterocycles. The number of nitrogens with one attached hydrogen (secondary N) is 1. The Balaban J connectivity index is 2.29. The monoisotopic (exact) mass is 235 g/mol. The van der Waals surface area contributed by atoms with E-state index in [1.165, 1.54) is 0 Å². The van der Waals surface area contributed by atoms with Gasteiger partial charge in [-0.2, -0.15) is 0 Å². The fraction of sp³-hybridized carbons (Fsp3) is 0.273. The summed E-state index contributed by atoms with van der Waals surface area (Å²) in [6.45, 7) is 3.62. The van der Waals surface area contributed by atoms with Gasteiger partial charge in [-0.3, -0.25) is 4.79 Å². The lowest BCUT2D eigenvalue weighted by Crippen LogP contribution is -2.32. The summed E-state index contributed by atoms with van der Waals surface area (Å²) in [6.07, 6.45) is 0. The number of fused-ring (bicyclic) bond motifs is 1. The molecule has 4 nitrogen and oxygen atoms in total. The number of aryl methyl sites for hydroxylation is 1. The largest absolute Gasteiger partial charge is 0.325 e. The van der Waals surface area contributed by atoms with E-state index in [0.29, 0.717) is 0 Å². The Kier molecular flexibility index (Phi) is 2.89. The van der Waals surface area contributed by atoms with E-state index in [9.17, 15) is 4.79 Å². The minimum absolute atomic E-state index is 0.180. The van der Waals surface area contributed by atoms with Crippen molar-refractivity contribution in [3.63, 3.8) is 0 Å². The van der Waals surface area contributed by atoms with Crippen LogP contribution in [0.3, 0.4) is 0 Å². The molecule has 0 saturated carbocycles. The molecule has 2 aromatic rings. The fourth-order valence-corrected chi connectivity index (χ4v) is 2.24. The Morgan fingerprint density at radius 1 is 1.56 bits per heavy atom. The molecule has 1 aromatic heterocycles. The average molecular weight is 235 g/mol. The van der Waals surface area contributed by atoms with Crippen molar-refractivity contribution in [1.82, 2.24) is 4.98 Å². The third-order valence-corrected chi connectivity index (χ3v) is 3.11. The van der Waals surface area contributed by atoms with E-state index < -0.39 is 6.04 Å². The Morgan fingerprint density at radius 3 is 3.00 bits per heavy atom. The fourth-order valence-electron chi connectivity index (χ4n) is 1.37. The summed E-state index contributed by atoms with van der Waals surface area (Å²) in [6, 6.07) is 5.15. The second-order valence-electron chi connectivity index (χ2n) is 3.69. The molecule has 1 aromatic carbocycles. The molecule has 0 radical (unpaired) electrons. The van der Waals surface area contributed by atoms with Crippen molar-refractivity contribution in [2.75, 3.05) is 5.32 Å². The number of rotatable bonds is 2. The molecule has 0 aliphatic carbocycles. The Hall–Kier alpha value is -1.46. The predicted octanol–water partition coefficient (Wildman–Crippen LogP) is 1.89. The van der Waals surface area contributed by atoms with Crippen LogP contribution in [0.1, 0.15) is 11.9 Å². The van der Waals surface area contributed by atoms with Gasteiger partial charge in [0.2, 0.25) is 5.91 Å². The third kappa shape index (κ3) is 2.20. The maximum absolute atomic E-state index is 11.4. The van der Waals surface area contributed by atoms with E-state index in [1.54, 1.807) is 18.3 Å². The van der Waals surface area contributed by atoms with E-state index in [-0.39, 0.29) is 5.91 Å². The van der Waals surface area contributed by atoms with Crippen molar-refractivity contribution in [2.24, 2.45) is 5.73 Å². The third-order valence-electron chi connectivity index (χ3n) is 2.18. The smallest absolute Gasteiger partial charge is 0.240 e. The molecule has 0 aliphatic rings. The number of carbonyl (C=O) groups is 1. The van der Waals surface area contributed by atoms with Crippen LogP contribution in [-0.4, -0.2) is 16.9 Å². The van der Waals surface area contributed by atoms with Crippen LogP contribution in [0, 0.1) is 6.92 Å². The molecule has 5 heteroatoms. The molecular weight excluding hydrogens is 222 g/mol. The maximum atomic E-state index is 11.4. The summed E-state index contributed by atoms with van der Waals surface area (Å²) >= 11 is 1.61. The summed E-state index contributed by atoms with van der Waals surface area (Å²) in [5, 5.41) is 3.78. The summed E-state index contributed by atoms with van der Waals surface area (Å²) in [4.78, 5) is 15.8. The van der Waals surface area contributed by atoms with Gasteiger partial charge in [-0.25, -0.2) is 4.98 Å². The number of benzene rings is 1. The second kappa shape index (κ2) is 4.19. The van der Waals surface area contributed by atoms with Crippen molar-refractivity contribution in [1.29, 1.82) is 0 Å². The lowest BCUT2D eigenvalue weighted by Gasteiger charge is -2.07. The van der Waals surface area contributed by atoms with E-state index in [4.69, 9.17) is 5.73 Å². The second-order valence-corrected chi connectivity index (χ2v) is 4.93. The molecular formula is C11H13N3OS. The zero-order valence-electron chi connectivity index (χ0n) is 9.15. The number of aromatic nitrogens is 1. The summed E-state index contributed by atoms with van der Waals surface area (Å²) in [5.41, 5.74) is 7.20. The minimum Gasteiger partial charge on any atom is -0.325 e. The summed E-state index contributed by atoms with van der Waals surface area (Å²) < 4.78 is 1.07. The van der Waals surface area contributed by atoms with Crippen molar-refractivity contribution in [3.8, 4) is 0 Å². The van der Waals surface area contributed by atoms with Crippen LogP contribution in [0.2, 0.25) is 0 Å². The van der Waals surface area contributed by atoms with Crippen LogP contribution in [0.4, 0.5) is 5.69 Å². The number of nitrogens with two attached hydrogens (primary N) is 1. The van der Waals surface area contributed by atoms with Gasteiger partial charge in [0.15, 0.2) is 0 Å². The lowest BCUT2D eigenvalue weighted by atomic mass is 10.2. The van der Waals surface area contributed by atoms with Crippen LogP contribution in [0.5, 0.6) is 0 Å². The SMILES string of the molecule is Cc1nc2ccc(NC(=O)[C@@H](C)N)cc2s1. The first kappa shape index (κ1) is 11.0. The Morgan fingerprint density at radius 2 is 2.31 bits per heavy atom. The first-order chi connectivity index (χ1) is 7.56. The zero-order chi connectivity index (χ0) is 11.7. The highest BCUT2D eigenvalue weighted by Gasteiger charge is 2.08. The van der Waals surface area contributed by atoms with Crippen LogP contribution in [-0.2, 0) is 4.79 Å². The van der Waals surface area contributed by atoms with E-state index >= 15 is 0 Å². The van der Waals surface area contributed by atoms with Gasteiger partial charge in [-0.1, -0.05) is 0 Å². The molecule has 2 rings (SSSR count). The number of carbonyl (C=O) groups excluding carboxylic acids is 1. The molecule has 84 valence electrons. The van der Waals surface area contributed by atoms with Crippen molar-refractivity contribution < 1.29 is 4.79 Å². The quantitative estimate of drug-likeness (QED) is 0.835. The zero-order valence-corrected chi connectivity index (χ0v) is 9.97. The van der Waals surface area contributed by atoms with Gasteiger partial charge < -0.3 is 11.1 Å². The topological polar surface area (TPSA) is 68.0 Å². The van der Waals surface area contributed by atoms with E-state index in [2.05, 4.69) is 10.3 Å². The van der Waals surface area contributed by atoms with Gasteiger partial charge in [-0.15, -0.1) is 11.3 Å². The van der Waals surface area contributed by atoms with Crippen molar-refractivity contribution >= 4 is 33.1 Å². The molecule has 0 fully saturated rings. The van der Waals surface area contributed by atoms with E-state index in [1.807, 2.05) is 25.1 Å². The molecule has 1 atom stereocenters. The highest BCUT2D eigenvalue weighted by Crippen LogP contribution is 2.24. The number of thiazole rings is 1. The highest BCUT2D eigenvalue weighted by molar-refractivity contribution is 7.18. The number of anilines is 1. The van der Waals surface area contributed by atoms with Crippen molar-refractivity contribution in [3.05, 3.63) is 23.2 Å². The van der Waals surface area contributed by atoms with Crippen LogP contribution in [0.25, 0.3) is 10.2 Å². The summed E-state index contributed by atoms with van der Waals surface area (Å²) in [5.74, 6) is -0.180. The number of hydrogen-bond acceptors (Lipinski definition) is 4. The predicted molar refractivity (Wildman–Crippen MR) is 66.6 cm³/mol. The van der Waals surface area contributed by atoms with Gasteiger partial charge in [-0.05, 0) is 32.0 Å². The molecule has 1 amide bonds. The van der Waals surface area contributed by atoms with E-state index in [0.717, 1.165) is 20.9 Å².